The van der Waals surface area contributed by atoms with E-state index in [1.165, 1.54) is 30.0 Å². The van der Waals surface area contributed by atoms with Gasteiger partial charge in [-0.15, -0.1) is 16.7 Å². The van der Waals surface area contributed by atoms with Crippen molar-refractivity contribution in [2.45, 2.75) is 9.79 Å². The highest BCUT2D eigenvalue weighted by atomic mass is 32.2. The fourth-order valence-corrected chi connectivity index (χ4v) is 2.35. The first-order valence-electron chi connectivity index (χ1n) is 4.16. The van der Waals surface area contributed by atoms with Crippen LogP contribution in [0.3, 0.4) is 0 Å². The molecule has 0 fully saturated rings. The van der Waals surface area contributed by atoms with Crippen LogP contribution in [0, 0.1) is 4.91 Å². The van der Waals surface area contributed by atoms with Gasteiger partial charge in [-0.1, -0.05) is 0 Å². The van der Waals surface area contributed by atoms with E-state index in [1.54, 1.807) is 6.26 Å². The van der Waals surface area contributed by atoms with Crippen LogP contribution in [0.5, 0.6) is 0 Å². The standard InChI is InChI=1S/C9H9NO4S2/c1-15-8-4-3-6(16(2,13)14)5-7(8)9(11)10-12/h3-5H,1-2H3. The van der Waals surface area contributed by atoms with E-state index in [-0.39, 0.29) is 10.5 Å². The summed E-state index contributed by atoms with van der Waals surface area (Å²) in [4.78, 5) is 21.9. The lowest BCUT2D eigenvalue weighted by Gasteiger charge is -2.04. The van der Waals surface area contributed by atoms with Crippen LogP contribution in [0.15, 0.2) is 33.2 Å². The van der Waals surface area contributed by atoms with Gasteiger partial charge in [0.15, 0.2) is 9.84 Å². The molecule has 1 aromatic rings. The summed E-state index contributed by atoms with van der Waals surface area (Å²) in [6, 6.07) is 4.05. The van der Waals surface area contributed by atoms with E-state index in [0.29, 0.717) is 4.90 Å². The first-order valence-corrected chi connectivity index (χ1v) is 7.27. The van der Waals surface area contributed by atoms with Crippen molar-refractivity contribution in [3.63, 3.8) is 0 Å². The van der Waals surface area contributed by atoms with E-state index in [4.69, 9.17) is 0 Å². The molecule has 0 N–H and O–H groups in total. The number of benzene rings is 1. The van der Waals surface area contributed by atoms with Gasteiger partial charge in [0.2, 0.25) is 0 Å². The minimum absolute atomic E-state index is 0.00250. The number of nitroso groups, excluding NO2 is 1. The Labute approximate surface area is 97.1 Å². The van der Waals surface area contributed by atoms with Crippen LogP contribution in [0.2, 0.25) is 0 Å². The molecule has 1 amide bonds. The van der Waals surface area contributed by atoms with E-state index < -0.39 is 15.7 Å². The number of hydrogen-bond donors (Lipinski definition) is 0. The molecule has 0 aliphatic heterocycles. The minimum Gasteiger partial charge on any atom is -0.263 e. The van der Waals surface area contributed by atoms with Crippen LogP contribution in [0.4, 0.5) is 0 Å². The first-order chi connectivity index (χ1) is 7.40. The van der Waals surface area contributed by atoms with Crippen LogP contribution < -0.4 is 0 Å². The van der Waals surface area contributed by atoms with E-state index in [0.717, 1.165) is 6.26 Å². The molecule has 0 radical (unpaired) electrons. The predicted molar refractivity (Wildman–Crippen MR) is 61.5 cm³/mol. The van der Waals surface area contributed by atoms with Crippen LogP contribution in [-0.2, 0) is 9.84 Å². The topological polar surface area (TPSA) is 80.6 Å². The van der Waals surface area contributed by atoms with Gasteiger partial charge in [-0.25, -0.2) is 8.42 Å². The van der Waals surface area contributed by atoms with Gasteiger partial charge in [-0.3, -0.25) is 4.79 Å². The van der Waals surface area contributed by atoms with Crippen LogP contribution in [0.25, 0.3) is 0 Å². The SMILES string of the molecule is CSc1ccc(S(C)(=O)=O)cc1C(=O)N=O. The summed E-state index contributed by atoms with van der Waals surface area (Å²) < 4.78 is 22.5. The van der Waals surface area contributed by atoms with E-state index in [2.05, 4.69) is 5.18 Å². The lowest BCUT2D eigenvalue weighted by atomic mass is 10.2. The van der Waals surface area contributed by atoms with Gasteiger partial charge < -0.3 is 0 Å². The van der Waals surface area contributed by atoms with E-state index >= 15 is 0 Å². The molecule has 0 saturated heterocycles. The molecule has 86 valence electrons. The zero-order valence-electron chi connectivity index (χ0n) is 8.63. The summed E-state index contributed by atoms with van der Waals surface area (Å²) >= 11 is 1.24. The quantitative estimate of drug-likeness (QED) is 0.610. The van der Waals surface area contributed by atoms with E-state index in [1.807, 2.05) is 0 Å². The fraction of sp³-hybridized carbons (Fsp3) is 0.222. The molecule has 0 heterocycles. The second kappa shape index (κ2) is 4.75. The third-order valence-electron chi connectivity index (χ3n) is 1.91. The maximum Gasteiger partial charge on any atom is 0.317 e. The highest BCUT2D eigenvalue weighted by Gasteiger charge is 2.16. The number of amides is 1. The Balaban J connectivity index is 3.44. The maximum atomic E-state index is 11.3. The third kappa shape index (κ3) is 2.67. The van der Waals surface area contributed by atoms with Crippen molar-refractivity contribution in [1.29, 1.82) is 0 Å². The summed E-state index contributed by atoms with van der Waals surface area (Å²) in [7, 11) is -3.40. The second-order valence-electron chi connectivity index (χ2n) is 3.03. The lowest BCUT2D eigenvalue weighted by Crippen LogP contribution is -2.02. The van der Waals surface area contributed by atoms with Crippen molar-refractivity contribution in [1.82, 2.24) is 0 Å². The number of nitrogens with zero attached hydrogens (tertiary/aromatic N) is 1. The van der Waals surface area contributed by atoms with Crippen molar-refractivity contribution in [3.8, 4) is 0 Å². The molecule has 0 spiro atoms. The number of carbonyl (C=O) groups is 1. The molecule has 5 nitrogen and oxygen atoms in total. The molecule has 0 bridgehead atoms. The summed E-state index contributed by atoms with van der Waals surface area (Å²) in [5.74, 6) is -0.963. The summed E-state index contributed by atoms with van der Waals surface area (Å²) in [6.07, 6.45) is 2.75. The monoisotopic (exact) mass is 259 g/mol. The highest BCUT2D eigenvalue weighted by molar-refractivity contribution is 7.98. The van der Waals surface area contributed by atoms with Crippen molar-refractivity contribution in [3.05, 3.63) is 28.7 Å². The smallest absolute Gasteiger partial charge is 0.263 e. The molecule has 1 rings (SSSR count). The number of rotatable bonds is 3. The Morgan fingerprint density at radius 3 is 2.44 bits per heavy atom. The van der Waals surface area contributed by atoms with Gasteiger partial charge in [-0.2, -0.15) is 0 Å². The molecule has 1 aromatic carbocycles. The summed E-state index contributed by atoms with van der Waals surface area (Å²) in [6.45, 7) is 0. The molecule has 7 heteroatoms. The Bertz CT molecular complexity index is 536. The Morgan fingerprint density at radius 2 is 2.00 bits per heavy atom. The molecular formula is C9H9NO4S2. The van der Waals surface area contributed by atoms with Gasteiger partial charge in [0.25, 0.3) is 0 Å². The van der Waals surface area contributed by atoms with Gasteiger partial charge >= 0.3 is 5.91 Å². The van der Waals surface area contributed by atoms with Crippen LogP contribution >= 0.6 is 11.8 Å². The molecule has 0 aliphatic carbocycles. The van der Waals surface area contributed by atoms with Crippen molar-refractivity contribution < 1.29 is 13.2 Å². The zero-order chi connectivity index (χ0) is 12.3. The molecule has 0 atom stereocenters. The van der Waals surface area contributed by atoms with Gasteiger partial charge in [0.1, 0.15) is 0 Å². The third-order valence-corrected chi connectivity index (χ3v) is 3.82. The van der Waals surface area contributed by atoms with E-state index in [9.17, 15) is 18.1 Å². The largest absolute Gasteiger partial charge is 0.317 e. The molecule has 0 saturated carbocycles. The molecule has 0 aliphatic rings. The molecule has 0 aromatic heterocycles. The van der Waals surface area contributed by atoms with Gasteiger partial charge in [0, 0.05) is 16.3 Å². The Morgan fingerprint density at radius 1 is 1.38 bits per heavy atom. The Hall–Kier alpha value is -1.21. The fourth-order valence-electron chi connectivity index (χ4n) is 1.13. The summed E-state index contributed by atoms with van der Waals surface area (Å²) in [5.41, 5.74) is 0.0189. The molecule has 0 unspecified atom stereocenters. The van der Waals surface area contributed by atoms with Gasteiger partial charge in [-0.05, 0) is 24.5 Å². The minimum atomic E-state index is -3.40. The van der Waals surface area contributed by atoms with Crippen LogP contribution in [-0.4, -0.2) is 26.8 Å². The number of carbonyl (C=O) groups excluding carboxylic acids is 1. The number of thioether (sulfide) groups is 1. The second-order valence-corrected chi connectivity index (χ2v) is 5.89. The van der Waals surface area contributed by atoms with Crippen LogP contribution in [0.1, 0.15) is 10.4 Å². The number of sulfone groups is 1. The highest BCUT2D eigenvalue weighted by Crippen LogP contribution is 2.24. The number of hydrogen-bond acceptors (Lipinski definition) is 5. The normalized spacial score (nSPS) is 11.1. The van der Waals surface area contributed by atoms with Crippen molar-refractivity contribution in [2.75, 3.05) is 12.5 Å². The van der Waals surface area contributed by atoms with Gasteiger partial charge in [0.05, 0.1) is 10.5 Å². The maximum absolute atomic E-state index is 11.3. The average molecular weight is 259 g/mol. The Kier molecular flexibility index (Phi) is 3.82. The lowest BCUT2D eigenvalue weighted by molar-refractivity contribution is 0.0998. The first kappa shape index (κ1) is 12.9. The average Bonchev–Trinajstić information content (AvgIpc) is 2.25. The molecule has 16 heavy (non-hydrogen) atoms. The summed E-state index contributed by atoms with van der Waals surface area (Å²) in [5, 5.41) is 2.29. The zero-order valence-corrected chi connectivity index (χ0v) is 10.3. The predicted octanol–water partition coefficient (Wildman–Crippen LogP) is 1.72. The van der Waals surface area contributed by atoms with Crippen molar-refractivity contribution >= 4 is 27.5 Å². The molecular weight excluding hydrogens is 250 g/mol. The van der Waals surface area contributed by atoms with Crippen molar-refractivity contribution in [2.24, 2.45) is 5.18 Å².